The molecule has 2 heterocycles. The molecule has 158 valence electrons. The van der Waals surface area contributed by atoms with Crippen LogP contribution in [0.5, 0.6) is 0 Å². The average molecular weight is 419 g/mol. The lowest BCUT2D eigenvalue weighted by Crippen LogP contribution is -2.37. The van der Waals surface area contributed by atoms with Crippen molar-refractivity contribution in [1.82, 2.24) is 14.7 Å². The topological polar surface area (TPSA) is 105 Å². The molecule has 0 saturated carbocycles. The molecule has 1 aliphatic rings. The SMILES string of the molecule is COC(=O)c1nn(-c2cccc(C#CC3(O)CCN(C)C3=O)c2)c2ccc(CO)cc12. The number of amides is 1. The van der Waals surface area contributed by atoms with Crippen LogP contribution in [0.2, 0.25) is 0 Å². The Labute approximate surface area is 178 Å². The third kappa shape index (κ3) is 3.65. The molecule has 2 N–H and O–H groups in total. The third-order valence-electron chi connectivity index (χ3n) is 5.32. The number of aliphatic hydroxyl groups is 2. The number of hydrogen-bond acceptors (Lipinski definition) is 6. The first kappa shape index (κ1) is 20.6. The lowest BCUT2D eigenvalue weighted by Gasteiger charge is -2.13. The van der Waals surface area contributed by atoms with E-state index in [4.69, 9.17) is 4.74 Å². The number of aliphatic hydroxyl groups excluding tert-OH is 1. The number of methoxy groups -OCH3 is 1. The molecule has 1 fully saturated rings. The van der Waals surface area contributed by atoms with Crippen LogP contribution in [0.25, 0.3) is 16.6 Å². The monoisotopic (exact) mass is 419 g/mol. The van der Waals surface area contributed by atoms with Crippen LogP contribution in [-0.2, 0) is 16.1 Å². The van der Waals surface area contributed by atoms with Crippen LogP contribution in [0.15, 0.2) is 42.5 Å². The Morgan fingerprint density at radius 1 is 1.29 bits per heavy atom. The molecule has 0 spiro atoms. The van der Waals surface area contributed by atoms with Crippen molar-refractivity contribution in [1.29, 1.82) is 0 Å². The highest BCUT2D eigenvalue weighted by Gasteiger charge is 2.42. The first-order valence-electron chi connectivity index (χ1n) is 9.68. The van der Waals surface area contributed by atoms with Crippen molar-refractivity contribution < 1.29 is 24.5 Å². The molecule has 1 amide bonds. The Kier molecular flexibility index (Phi) is 5.23. The van der Waals surface area contributed by atoms with E-state index in [2.05, 4.69) is 16.9 Å². The van der Waals surface area contributed by atoms with Crippen LogP contribution >= 0.6 is 0 Å². The number of likely N-dealkylation sites (N-methyl/N-ethyl adjacent to an activating group) is 1. The van der Waals surface area contributed by atoms with E-state index in [-0.39, 0.29) is 18.7 Å². The zero-order valence-corrected chi connectivity index (χ0v) is 17.1. The summed E-state index contributed by atoms with van der Waals surface area (Å²) < 4.78 is 6.45. The Balaban J connectivity index is 1.78. The zero-order valence-electron chi connectivity index (χ0n) is 17.1. The van der Waals surface area contributed by atoms with Crippen LogP contribution in [0.4, 0.5) is 0 Å². The molecule has 4 rings (SSSR count). The van der Waals surface area contributed by atoms with E-state index in [0.29, 0.717) is 34.3 Å². The van der Waals surface area contributed by atoms with Gasteiger partial charge in [0.15, 0.2) is 5.69 Å². The van der Waals surface area contributed by atoms with Crippen LogP contribution in [0, 0.1) is 11.8 Å². The van der Waals surface area contributed by atoms with Crippen molar-refractivity contribution in [3.63, 3.8) is 0 Å². The normalized spacial score (nSPS) is 18.2. The number of nitrogens with zero attached hydrogens (tertiary/aromatic N) is 3. The van der Waals surface area contributed by atoms with E-state index in [0.717, 1.165) is 0 Å². The fourth-order valence-electron chi connectivity index (χ4n) is 3.57. The lowest BCUT2D eigenvalue weighted by atomic mass is 10.0. The molecule has 1 aromatic heterocycles. The summed E-state index contributed by atoms with van der Waals surface area (Å²) in [5, 5.41) is 24.9. The summed E-state index contributed by atoms with van der Waals surface area (Å²) in [6, 6.07) is 12.3. The maximum atomic E-state index is 12.2. The summed E-state index contributed by atoms with van der Waals surface area (Å²) in [4.78, 5) is 25.8. The van der Waals surface area contributed by atoms with Crippen molar-refractivity contribution in [2.24, 2.45) is 0 Å². The lowest BCUT2D eigenvalue weighted by molar-refractivity contribution is -0.137. The molecule has 3 aromatic rings. The van der Waals surface area contributed by atoms with Gasteiger partial charge in [0.05, 0.1) is 24.9 Å². The number of carbonyl (C=O) groups is 2. The van der Waals surface area contributed by atoms with Gasteiger partial charge in [-0.1, -0.05) is 24.0 Å². The molecule has 1 atom stereocenters. The molecule has 8 heteroatoms. The predicted octanol–water partition coefficient (Wildman–Crippen LogP) is 1.25. The predicted molar refractivity (Wildman–Crippen MR) is 112 cm³/mol. The zero-order chi connectivity index (χ0) is 22.2. The van der Waals surface area contributed by atoms with Gasteiger partial charge in [-0.15, -0.1) is 0 Å². The highest BCUT2D eigenvalue weighted by molar-refractivity contribution is 6.02. The largest absolute Gasteiger partial charge is 0.464 e. The molecular formula is C23H21N3O5. The molecule has 0 aliphatic carbocycles. The summed E-state index contributed by atoms with van der Waals surface area (Å²) >= 11 is 0. The highest BCUT2D eigenvalue weighted by atomic mass is 16.5. The van der Waals surface area contributed by atoms with Gasteiger partial charge in [0.2, 0.25) is 5.60 Å². The Morgan fingerprint density at radius 2 is 2.10 bits per heavy atom. The summed E-state index contributed by atoms with van der Waals surface area (Å²) in [5.41, 5.74) is 1.000. The van der Waals surface area contributed by atoms with Crippen molar-refractivity contribution in [3.8, 4) is 17.5 Å². The molecule has 0 radical (unpaired) electrons. The molecule has 0 bridgehead atoms. The first-order chi connectivity index (χ1) is 14.9. The first-order valence-corrected chi connectivity index (χ1v) is 9.68. The molecule has 1 aliphatic heterocycles. The number of rotatable bonds is 3. The molecule has 1 unspecified atom stereocenters. The number of benzene rings is 2. The quantitative estimate of drug-likeness (QED) is 0.489. The summed E-state index contributed by atoms with van der Waals surface area (Å²) in [5.74, 6) is 4.59. The van der Waals surface area contributed by atoms with Gasteiger partial charge in [-0.3, -0.25) is 4.79 Å². The van der Waals surface area contributed by atoms with E-state index < -0.39 is 17.5 Å². The number of hydrogen-bond donors (Lipinski definition) is 2. The van der Waals surface area contributed by atoms with E-state index in [1.807, 2.05) is 6.07 Å². The van der Waals surface area contributed by atoms with Gasteiger partial charge >= 0.3 is 5.97 Å². The number of aromatic nitrogens is 2. The summed E-state index contributed by atoms with van der Waals surface area (Å²) in [7, 11) is 2.91. The van der Waals surface area contributed by atoms with Crippen LogP contribution < -0.4 is 0 Å². The van der Waals surface area contributed by atoms with Crippen molar-refractivity contribution >= 4 is 22.8 Å². The number of carbonyl (C=O) groups excluding carboxylic acids is 2. The second-order valence-electron chi connectivity index (χ2n) is 7.40. The van der Waals surface area contributed by atoms with Crippen LogP contribution in [-0.4, -0.2) is 63.1 Å². The average Bonchev–Trinajstić information content (AvgIpc) is 3.30. The number of likely N-dealkylation sites (tertiary alicyclic amines) is 1. The maximum Gasteiger partial charge on any atom is 0.359 e. The number of fused-ring (bicyclic) bond motifs is 1. The minimum Gasteiger partial charge on any atom is -0.464 e. The van der Waals surface area contributed by atoms with Crippen molar-refractivity contribution in [2.75, 3.05) is 20.7 Å². The smallest absolute Gasteiger partial charge is 0.359 e. The van der Waals surface area contributed by atoms with Crippen LogP contribution in [0.1, 0.15) is 28.0 Å². The van der Waals surface area contributed by atoms with Crippen molar-refractivity contribution in [2.45, 2.75) is 18.6 Å². The van der Waals surface area contributed by atoms with Gasteiger partial charge in [0.1, 0.15) is 0 Å². The molecule has 2 aromatic carbocycles. The second-order valence-corrected chi connectivity index (χ2v) is 7.40. The fourth-order valence-corrected chi connectivity index (χ4v) is 3.57. The van der Waals surface area contributed by atoms with Gasteiger partial charge in [-0.05, 0) is 35.9 Å². The molecule has 31 heavy (non-hydrogen) atoms. The van der Waals surface area contributed by atoms with Gasteiger partial charge < -0.3 is 19.8 Å². The number of ether oxygens (including phenoxy) is 1. The summed E-state index contributed by atoms with van der Waals surface area (Å²) in [6.07, 6.45) is 0.258. The third-order valence-corrected chi connectivity index (χ3v) is 5.32. The Bertz CT molecular complexity index is 1250. The molecular weight excluding hydrogens is 398 g/mol. The number of esters is 1. The maximum absolute atomic E-state index is 12.2. The van der Waals surface area contributed by atoms with Crippen molar-refractivity contribution in [3.05, 3.63) is 59.3 Å². The minimum atomic E-state index is -1.68. The van der Waals surface area contributed by atoms with Gasteiger partial charge in [-0.25, -0.2) is 9.48 Å². The second kappa shape index (κ2) is 7.87. The standard InChI is InChI=1S/C23H21N3O5/c1-25-11-10-23(30,22(25)29)9-8-15-4-3-5-17(12-15)26-19-7-6-16(14-27)13-18(19)20(24-26)21(28)31-2/h3-7,12-13,27,30H,10-11,14H2,1-2H3. The van der Waals surface area contributed by atoms with E-state index in [1.54, 1.807) is 48.1 Å². The van der Waals surface area contributed by atoms with E-state index in [1.165, 1.54) is 12.0 Å². The van der Waals surface area contributed by atoms with E-state index >= 15 is 0 Å². The Morgan fingerprint density at radius 3 is 2.77 bits per heavy atom. The van der Waals surface area contributed by atoms with Crippen LogP contribution in [0.3, 0.4) is 0 Å². The van der Waals surface area contributed by atoms with E-state index in [9.17, 15) is 19.8 Å². The van der Waals surface area contributed by atoms with Gasteiger partial charge in [0.25, 0.3) is 5.91 Å². The van der Waals surface area contributed by atoms with Gasteiger partial charge in [-0.2, -0.15) is 5.10 Å². The Hall–Kier alpha value is -3.67. The molecule has 1 saturated heterocycles. The molecule has 8 nitrogen and oxygen atoms in total. The summed E-state index contributed by atoms with van der Waals surface area (Å²) in [6.45, 7) is 0.291. The highest BCUT2D eigenvalue weighted by Crippen LogP contribution is 2.25. The van der Waals surface area contributed by atoms with Gasteiger partial charge in [0, 0.05) is 31.0 Å². The minimum absolute atomic E-state index is 0.137. The fraction of sp³-hybridized carbons (Fsp3) is 0.261.